The van der Waals surface area contributed by atoms with Crippen LogP contribution in [0.1, 0.15) is 21.5 Å². The van der Waals surface area contributed by atoms with E-state index >= 15 is 0 Å². The third-order valence-corrected chi connectivity index (χ3v) is 3.40. The summed E-state index contributed by atoms with van der Waals surface area (Å²) in [5.74, 6) is -0.748. The quantitative estimate of drug-likeness (QED) is 0.861. The monoisotopic (exact) mass is 307 g/mol. The first kappa shape index (κ1) is 15.3. The van der Waals surface area contributed by atoms with Crippen molar-refractivity contribution in [3.05, 3.63) is 63.9 Å². The van der Waals surface area contributed by atoms with E-state index in [1.54, 1.807) is 24.3 Å². The molecule has 0 spiro atoms. The molecule has 0 saturated carbocycles. The number of methoxy groups -OCH3 is 1. The van der Waals surface area contributed by atoms with Crippen molar-refractivity contribution >= 4 is 23.3 Å². The highest BCUT2D eigenvalue weighted by Gasteiger charge is 2.12. The first-order valence-corrected chi connectivity index (χ1v) is 6.76. The lowest BCUT2D eigenvalue weighted by atomic mass is 10.1. The zero-order chi connectivity index (χ0) is 15.4. The summed E-state index contributed by atoms with van der Waals surface area (Å²) in [4.78, 5) is 11.7. The lowest BCUT2D eigenvalue weighted by Gasteiger charge is -2.13. The van der Waals surface area contributed by atoms with Gasteiger partial charge in [0.15, 0.2) is 0 Å². The molecule has 0 radical (unpaired) electrons. The second-order valence-corrected chi connectivity index (χ2v) is 5.04. The average Bonchev–Trinajstić information content (AvgIpc) is 2.47. The van der Waals surface area contributed by atoms with Gasteiger partial charge in [0.25, 0.3) is 0 Å². The van der Waals surface area contributed by atoms with Gasteiger partial charge in [-0.2, -0.15) is 0 Å². The molecule has 0 unspecified atom stereocenters. The Balaban J connectivity index is 2.25. The number of anilines is 1. The Kier molecular flexibility index (Phi) is 4.81. The minimum atomic E-state index is -0.454. The zero-order valence-electron chi connectivity index (χ0n) is 11.7. The number of benzene rings is 2. The van der Waals surface area contributed by atoms with E-state index in [1.807, 2.05) is 6.92 Å². The summed E-state index contributed by atoms with van der Waals surface area (Å²) >= 11 is 5.95. The average molecular weight is 308 g/mol. The van der Waals surface area contributed by atoms with Crippen LogP contribution in [0.4, 0.5) is 10.1 Å². The molecule has 2 aromatic carbocycles. The fourth-order valence-electron chi connectivity index (χ4n) is 1.97. The first-order valence-electron chi connectivity index (χ1n) is 6.38. The van der Waals surface area contributed by atoms with Crippen molar-refractivity contribution in [3.63, 3.8) is 0 Å². The van der Waals surface area contributed by atoms with Crippen LogP contribution in [0.15, 0.2) is 36.4 Å². The van der Waals surface area contributed by atoms with Crippen LogP contribution in [0.3, 0.4) is 0 Å². The van der Waals surface area contributed by atoms with Crippen LogP contribution < -0.4 is 5.32 Å². The largest absolute Gasteiger partial charge is 0.465 e. The maximum Gasteiger partial charge on any atom is 0.339 e. The van der Waals surface area contributed by atoms with E-state index < -0.39 is 5.97 Å². The molecule has 0 saturated heterocycles. The molecule has 3 nitrogen and oxygen atoms in total. The van der Waals surface area contributed by atoms with Crippen LogP contribution in [0.25, 0.3) is 0 Å². The highest BCUT2D eigenvalue weighted by molar-refractivity contribution is 6.31. The van der Waals surface area contributed by atoms with Crippen molar-refractivity contribution in [1.29, 1.82) is 0 Å². The van der Waals surface area contributed by atoms with Crippen LogP contribution in [0, 0.1) is 12.7 Å². The number of nitrogens with one attached hydrogen (secondary N) is 1. The Morgan fingerprint density at radius 3 is 2.76 bits per heavy atom. The molecule has 5 heteroatoms. The van der Waals surface area contributed by atoms with E-state index in [2.05, 4.69) is 5.32 Å². The molecule has 0 amide bonds. The molecular weight excluding hydrogens is 293 g/mol. The van der Waals surface area contributed by atoms with E-state index in [4.69, 9.17) is 16.3 Å². The Morgan fingerprint density at radius 2 is 2.05 bits per heavy atom. The van der Waals surface area contributed by atoms with Gasteiger partial charge in [-0.25, -0.2) is 9.18 Å². The number of carbonyl (C=O) groups excluding carboxylic acids is 1. The Morgan fingerprint density at radius 1 is 1.29 bits per heavy atom. The van der Waals surface area contributed by atoms with Gasteiger partial charge in [0, 0.05) is 11.6 Å². The number of halogens is 2. The van der Waals surface area contributed by atoms with Crippen molar-refractivity contribution in [2.45, 2.75) is 13.5 Å². The van der Waals surface area contributed by atoms with E-state index in [9.17, 15) is 9.18 Å². The molecule has 0 aliphatic rings. The molecule has 0 aliphatic carbocycles. The number of carbonyl (C=O) groups is 1. The van der Waals surface area contributed by atoms with Crippen LogP contribution in [-0.2, 0) is 11.3 Å². The van der Waals surface area contributed by atoms with Gasteiger partial charge in [-0.3, -0.25) is 0 Å². The number of aryl methyl sites for hydroxylation is 1. The van der Waals surface area contributed by atoms with Crippen molar-refractivity contribution in [2.75, 3.05) is 12.4 Å². The smallest absolute Gasteiger partial charge is 0.339 e. The van der Waals surface area contributed by atoms with Gasteiger partial charge < -0.3 is 10.1 Å². The molecule has 110 valence electrons. The fourth-order valence-corrected chi connectivity index (χ4v) is 2.14. The van der Waals surface area contributed by atoms with Crippen LogP contribution in [0.5, 0.6) is 0 Å². The summed E-state index contributed by atoms with van der Waals surface area (Å²) in [6, 6.07) is 9.44. The van der Waals surface area contributed by atoms with Crippen molar-refractivity contribution in [3.8, 4) is 0 Å². The van der Waals surface area contributed by atoms with Crippen molar-refractivity contribution in [2.24, 2.45) is 0 Å². The number of ether oxygens (including phenoxy) is 1. The SMILES string of the molecule is COC(=O)c1ccc(Cl)cc1NCc1cc(F)ccc1C. The van der Waals surface area contributed by atoms with Gasteiger partial charge in [0.2, 0.25) is 0 Å². The van der Waals surface area contributed by atoms with Crippen molar-refractivity contribution < 1.29 is 13.9 Å². The van der Waals surface area contributed by atoms with Gasteiger partial charge in [0.1, 0.15) is 5.82 Å². The maximum absolute atomic E-state index is 13.3. The topological polar surface area (TPSA) is 38.3 Å². The standard InChI is InChI=1S/C16H15ClFNO2/c1-10-3-5-13(18)7-11(10)9-19-15-8-12(17)4-6-14(15)16(20)21-2/h3-8,19H,9H2,1-2H3. The summed E-state index contributed by atoms with van der Waals surface area (Å²) < 4.78 is 18.0. The van der Waals surface area contributed by atoms with E-state index in [-0.39, 0.29) is 5.82 Å². The summed E-state index contributed by atoms with van der Waals surface area (Å²) in [6.07, 6.45) is 0. The van der Waals surface area contributed by atoms with E-state index in [0.29, 0.717) is 22.8 Å². The Labute approximate surface area is 127 Å². The number of esters is 1. The minimum absolute atomic E-state index is 0.295. The normalized spacial score (nSPS) is 10.3. The van der Waals surface area contributed by atoms with Gasteiger partial charge in [-0.15, -0.1) is 0 Å². The summed E-state index contributed by atoms with van der Waals surface area (Å²) in [6.45, 7) is 2.28. The first-order chi connectivity index (χ1) is 10.0. The van der Waals surface area contributed by atoms with Gasteiger partial charge in [0.05, 0.1) is 18.4 Å². The van der Waals surface area contributed by atoms with Gasteiger partial charge in [-0.1, -0.05) is 17.7 Å². The second-order valence-electron chi connectivity index (χ2n) is 4.61. The molecule has 0 aliphatic heterocycles. The second kappa shape index (κ2) is 6.59. The lowest BCUT2D eigenvalue weighted by Crippen LogP contribution is -2.09. The lowest BCUT2D eigenvalue weighted by molar-refractivity contribution is 0.0602. The van der Waals surface area contributed by atoms with Gasteiger partial charge >= 0.3 is 5.97 Å². The number of hydrogen-bond donors (Lipinski definition) is 1. The predicted molar refractivity (Wildman–Crippen MR) is 81.3 cm³/mol. The summed E-state index contributed by atoms with van der Waals surface area (Å²) in [7, 11) is 1.32. The molecule has 1 N–H and O–H groups in total. The molecule has 0 bridgehead atoms. The minimum Gasteiger partial charge on any atom is -0.465 e. The molecule has 0 atom stereocenters. The molecule has 0 fully saturated rings. The van der Waals surface area contributed by atoms with Crippen LogP contribution >= 0.6 is 11.6 Å². The third kappa shape index (κ3) is 3.73. The highest BCUT2D eigenvalue weighted by Crippen LogP contribution is 2.23. The van der Waals surface area contributed by atoms with E-state index in [0.717, 1.165) is 11.1 Å². The van der Waals surface area contributed by atoms with E-state index in [1.165, 1.54) is 19.2 Å². The predicted octanol–water partition coefficient (Wildman–Crippen LogP) is 4.19. The Hall–Kier alpha value is -2.07. The molecule has 0 heterocycles. The van der Waals surface area contributed by atoms with Crippen LogP contribution in [-0.4, -0.2) is 13.1 Å². The molecular formula is C16H15ClFNO2. The summed E-state index contributed by atoms with van der Waals surface area (Å²) in [5.41, 5.74) is 2.71. The fraction of sp³-hybridized carbons (Fsp3) is 0.188. The number of rotatable bonds is 4. The maximum atomic E-state index is 13.3. The van der Waals surface area contributed by atoms with Gasteiger partial charge in [-0.05, 0) is 48.4 Å². The van der Waals surface area contributed by atoms with Crippen molar-refractivity contribution in [1.82, 2.24) is 0 Å². The zero-order valence-corrected chi connectivity index (χ0v) is 12.5. The molecule has 0 aromatic heterocycles. The van der Waals surface area contributed by atoms with Crippen LogP contribution in [0.2, 0.25) is 5.02 Å². The Bertz CT molecular complexity index is 673. The molecule has 21 heavy (non-hydrogen) atoms. The number of hydrogen-bond acceptors (Lipinski definition) is 3. The third-order valence-electron chi connectivity index (χ3n) is 3.17. The highest BCUT2D eigenvalue weighted by atomic mass is 35.5. The summed E-state index contributed by atoms with van der Waals surface area (Å²) in [5, 5.41) is 3.60. The molecule has 2 aromatic rings. The molecule has 2 rings (SSSR count).